The van der Waals surface area contributed by atoms with Gasteiger partial charge in [-0.15, -0.1) is 0 Å². The second-order valence-corrected chi connectivity index (χ2v) is 7.95. The molecule has 1 saturated heterocycles. The monoisotopic (exact) mass is 340 g/mol. The van der Waals surface area contributed by atoms with Crippen molar-refractivity contribution in [3.63, 3.8) is 0 Å². The molecule has 1 aliphatic heterocycles. The van der Waals surface area contributed by atoms with E-state index in [2.05, 4.69) is 5.32 Å². The number of ether oxygens (including phenoxy) is 1. The minimum absolute atomic E-state index is 0.0957. The fourth-order valence-corrected chi connectivity index (χ4v) is 3.68. The van der Waals surface area contributed by atoms with Gasteiger partial charge < -0.3 is 10.1 Å². The lowest BCUT2D eigenvalue weighted by Crippen LogP contribution is -2.45. The van der Waals surface area contributed by atoms with Gasteiger partial charge in [-0.1, -0.05) is 12.1 Å². The molecule has 1 aliphatic rings. The van der Waals surface area contributed by atoms with Crippen LogP contribution in [0.4, 0.5) is 0 Å². The van der Waals surface area contributed by atoms with Crippen LogP contribution in [0.15, 0.2) is 24.3 Å². The van der Waals surface area contributed by atoms with E-state index in [-0.39, 0.29) is 24.4 Å². The van der Waals surface area contributed by atoms with Crippen LogP contribution in [0.3, 0.4) is 0 Å². The number of rotatable bonds is 5. The Kier molecular flexibility index (Phi) is 5.64. The zero-order chi connectivity index (χ0) is 17.0. The quantitative estimate of drug-likeness (QED) is 0.882. The van der Waals surface area contributed by atoms with Crippen LogP contribution in [0.5, 0.6) is 5.75 Å². The maximum atomic E-state index is 12.4. The molecule has 0 aromatic heterocycles. The zero-order valence-electron chi connectivity index (χ0n) is 13.8. The summed E-state index contributed by atoms with van der Waals surface area (Å²) < 4.78 is 29.8. The van der Waals surface area contributed by atoms with E-state index >= 15 is 0 Å². The average Bonchev–Trinajstić information content (AvgIpc) is 2.54. The number of piperidine rings is 1. The van der Waals surface area contributed by atoms with Crippen molar-refractivity contribution in [2.75, 3.05) is 26.5 Å². The number of nitrogens with one attached hydrogen (secondary N) is 1. The highest BCUT2D eigenvalue weighted by atomic mass is 32.2. The second-order valence-electron chi connectivity index (χ2n) is 5.96. The van der Waals surface area contributed by atoms with E-state index in [0.29, 0.717) is 19.4 Å². The van der Waals surface area contributed by atoms with Crippen molar-refractivity contribution in [3.05, 3.63) is 29.8 Å². The van der Waals surface area contributed by atoms with E-state index < -0.39 is 10.0 Å². The number of nitrogens with zero attached hydrogens (tertiary/aromatic N) is 1. The summed E-state index contributed by atoms with van der Waals surface area (Å²) in [7, 11) is -1.63. The second kappa shape index (κ2) is 7.31. The number of benzene rings is 1. The highest BCUT2D eigenvalue weighted by Crippen LogP contribution is 2.21. The molecular formula is C16H24N2O4S. The molecule has 0 saturated carbocycles. The van der Waals surface area contributed by atoms with Crippen LogP contribution in [0.1, 0.15) is 31.4 Å². The SMILES string of the molecule is COc1ccc([C@H](C)NC(=O)[C@H]2CCCN(S(C)(=O)=O)C2)cc1. The molecule has 6 nitrogen and oxygen atoms in total. The Balaban J connectivity index is 1.97. The number of amides is 1. The van der Waals surface area contributed by atoms with Gasteiger partial charge in [0.25, 0.3) is 0 Å². The Bertz CT molecular complexity index is 643. The van der Waals surface area contributed by atoms with Crippen molar-refractivity contribution in [1.29, 1.82) is 0 Å². The smallest absolute Gasteiger partial charge is 0.224 e. The van der Waals surface area contributed by atoms with E-state index in [0.717, 1.165) is 11.3 Å². The van der Waals surface area contributed by atoms with Gasteiger partial charge in [0.15, 0.2) is 0 Å². The lowest BCUT2D eigenvalue weighted by molar-refractivity contribution is -0.126. The number of hydrogen-bond acceptors (Lipinski definition) is 4. The van der Waals surface area contributed by atoms with Gasteiger partial charge in [0.1, 0.15) is 5.75 Å². The maximum Gasteiger partial charge on any atom is 0.224 e. The lowest BCUT2D eigenvalue weighted by atomic mass is 9.98. The molecule has 0 radical (unpaired) electrons. The van der Waals surface area contributed by atoms with Crippen molar-refractivity contribution in [2.24, 2.45) is 5.92 Å². The van der Waals surface area contributed by atoms with E-state index in [4.69, 9.17) is 4.74 Å². The van der Waals surface area contributed by atoms with E-state index in [9.17, 15) is 13.2 Å². The molecule has 2 rings (SSSR count). The normalized spacial score (nSPS) is 20.7. The van der Waals surface area contributed by atoms with Gasteiger partial charge in [0.05, 0.1) is 25.3 Å². The molecule has 1 fully saturated rings. The van der Waals surface area contributed by atoms with Gasteiger partial charge in [0.2, 0.25) is 15.9 Å². The molecule has 1 aromatic carbocycles. The van der Waals surface area contributed by atoms with Crippen LogP contribution in [0.25, 0.3) is 0 Å². The molecule has 2 atom stereocenters. The Labute approximate surface area is 137 Å². The number of sulfonamides is 1. The Morgan fingerprint density at radius 3 is 2.57 bits per heavy atom. The van der Waals surface area contributed by atoms with Crippen molar-refractivity contribution >= 4 is 15.9 Å². The van der Waals surface area contributed by atoms with Gasteiger partial charge in [-0.05, 0) is 37.5 Å². The third-order valence-corrected chi connectivity index (χ3v) is 5.47. The molecule has 1 aromatic rings. The van der Waals surface area contributed by atoms with Gasteiger partial charge in [-0.2, -0.15) is 0 Å². The van der Waals surface area contributed by atoms with Crippen molar-refractivity contribution in [1.82, 2.24) is 9.62 Å². The largest absolute Gasteiger partial charge is 0.497 e. The topological polar surface area (TPSA) is 75.7 Å². The molecule has 1 amide bonds. The van der Waals surface area contributed by atoms with Crippen LogP contribution < -0.4 is 10.1 Å². The fourth-order valence-electron chi connectivity index (χ4n) is 2.76. The van der Waals surface area contributed by atoms with Crippen molar-refractivity contribution in [2.45, 2.75) is 25.8 Å². The third kappa shape index (κ3) is 4.68. The molecule has 23 heavy (non-hydrogen) atoms. The number of hydrogen-bond donors (Lipinski definition) is 1. The van der Waals surface area contributed by atoms with Gasteiger partial charge >= 0.3 is 0 Å². The maximum absolute atomic E-state index is 12.4. The third-order valence-electron chi connectivity index (χ3n) is 4.20. The minimum atomic E-state index is -3.24. The van der Waals surface area contributed by atoms with Gasteiger partial charge in [-0.25, -0.2) is 12.7 Å². The summed E-state index contributed by atoms with van der Waals surface area (Å²) in [6.07, 6.45) is 2.61. The fraction of sp³-hybridized carbons (Fsp3) is 0.562. The first kappa shape index (κ1) is 17.7. The van der Waals surface area contributed by atoms with Crippen LogP contribution in [0.2, 0.25) is 0 Å². The molecule has 0 spiro atoms. The first-order valence-corrected chi connectivity index (χ1v) is 9.55. The Morgan fingerprint density at radius 1 is 1.35 bits per heavy atom. The zero-order valence-corrected chi connectivity index (χ0v) is 14.6. The van der Waals surface area contributed by atoms with Crippen molar-refractivity contribution in [3.8, 4) is 5.75 Å². The molecule has 1 heterocycles. The molecule has 0 aliphatic carbocycles. The molecule has 0 unspecified atom stereocenters. The van der Waals surface area contributed by atoms with E-state index in [1.165, 1.54) is 10.6 Å². The minimum Gasteiger partial charge on any atom is -0.497 e. The first-order chi connectivity index (χ1) is 10.8. The van der Waals surface area contributed by atoms with Crippen LogP contribution >= 0.6 is 0 Å². The average molecular weight is 340 g/mol. The van der Waals surface area contributed by atoms with Gasteiger partial charge in [-0.3, -0.25) is 4.79 Å². The predicted octanol–water partition coefficient (Wildman–Crippen LogP) is 1.54. The summed E-state index contributed by atoms with van der Waals surface area (Å²) in [5.41, 5.74) is 0.981. The van der Waals surface area contributed by atoms with Gasteiger partial charge in [0, 0.05) is 13.1 Å². The first-order valence-electron chi connectivity index (χ1n) is 7.70. The molecule has 7 heteroatoms. The molecular weight excluding hydrogens is 316 g/mol. The van der Waals surface area contributed by atoms with Crippen LogP contribution in [-0.4, -0.2) is 45.1 Å². The molecule has 1 N–H and O–H groups in total. The number of methoxy groups -OCH3 is 1. The summed E-state index contributed by atoms with van der Waals surface area (Å²) in [5, 5.41) is 2.97. The summed E-state index contributed by atoms with van der Waals surface area (Å²) in [6, 6.07) is 7.39. The van der Waals surface area contributed by atoms with Crippen LogP contribution in [-0.2, 0) is 14.8 Å². The molecule has 0 bridgehead atoms. The Morgan fingerprint density at radius 2 is 2.00 bits per heavy atom. The van der Waals surface area contributed by atoms with Crippen molar-refractivity contribution < 1.29 is 17.9 Å². The highest BCUT2D eigenvalue weighted by Gasteiger charge is 2.30. The summed E-state index contributed by atoms with van der Waals surface area (Å²) >= 11 is 0. The van der Waals surface area contributed by atoms with E-state index in [1.807, 2.05) is 31.2 Å². The lowest BCUT2D eigenvalue weighted by Gasteiger charge is -2.30. The predicted molar refractivity (Wildman–Crippen MR) is 88.7 cm³/mol. The standard InChI is InChI=1S/C16H24N2O4S/c1-12(13-6-8-15(22-2)9-7-13)17-16(19)14-5-4-10-18(11-14)23(3,20)21/h6-9,12,14H,4-5,10-11H2,1-3H3,(H,17,19)/t12-,14-/m0/s1. The number of carbonyl (C=O) groups is 1. The summed E-state index contributed by atoms with van der Waals surface area (Å²) in [6.45, 7) is 2.67. The van der Waals surface area contributed by atoms with Crippen LogP contribution in [0, 0.1) is 5.92 Å². The molecule has 128 valence electrons. The number of carbonyl (C=O) groups excluding carboxylic acids is 1. The Hall–Kier alpha value is -1.60. The highest BCUT2D eigenvalue weighted by molar-refractivity contribution is 7.88. The summed E-state index contributed by atoms with van der Waals surface area (Å²) in [4.78, 5) is 12.4. The van der Waals surface area contributed by atoms with E-state index in [1.54, 1.807) is 7.11 Å². The summed E-state index contributed by atoms with van der Waals surface area (Å²) in [5.74, 6) is 0.379.